The van der Waals surface area contributed by atoms with Crippen LogP contribution in [0.15, 0.2) is 24.3 Å². The van der Waals surface area contributed by atoms with Crippen molar-refractivity contribution in [3.63, 3.8) is 0 Å². The van der Waals surface area contributed by atoms with Gasteiger partial charge in [-0.15, -0.1) is 0 Å². The van der Waals surface area contributed by atoms with Crippen LogP contribution in [-0.2, 0) is 11.2 Å². The molecule has 0 unspecified atom stereocenters. The molecule has 2 nitrogen and oxygen atoms in total. The highest BCUT2D eigenvalue weighted by Gasteiger charge is 1.99. The predicted molar refractivity (Wildman–Crippen MR) is 67.0 cm³/mol. The van der Waals surface area contributed by atoms with Gasteiger partial charge in [0.1, 0.15) is 5.75 Å². The molecule has 1 rings (SSSR count). The van der Waals surface area contributed by atoms with Crippen molar-refractivity contribution in [1.82, 2.24) is 0 Å². The van der Waals surface area contributed by atoms with Gasteiger partial charge in [-0.1, -0.05) is 19.1 Å². The molecule has 0 amide bonds. The van der Waals surface area contributed by atoms with Crippen molar-refractivity contribution in [3.8, 4) is 5.75 Å². The summed E-state index contributed by atoms with van der Waals surface area (Å²) in [6.45, 7) is 7.84. The number of ether oxygens (including phenoxy) is 2. The number of benzene rings is 1. The zero-order valence-electron chi connectivity index (χ0n) is 10.5. The Morgan fingerprint density at radius 3 is 2.69 bits per heavy atom. The van der Waals surface area contributed by atoms with E-state index in [0.29, 0.717) is 0 Å². The van der Waals surface area contributed by atoms with Crippen LogP contribution in [0.3, 0.4) is 0 Å². The summed E-state index contributed by atoms with van der Waals surface area (Å²) in [5.41, 5.74) is 1.27. The summed E-state index contributed by atoms with van der Waals surface area (Å²) in [5, 5.41) is 0. The molecular weight excluding hydrogens is 200 g/mol. The fourth-order valence-corrected chi connectivity index (χ4v) is 1.48. The van der Waals surface area contributed by atoms with Crippen molar-refractivity contribution in [1.29, 1.82) is 0 Å². The largest absolute Gasteiger partial charge is 0.491 e. The summed E-state index contributed by atoms with van der Waals surface area (Å²) in [6, 6.07) is 8.24. The van der Waals surface area contributed by atoms with Gasteiger partial charge in [0, 0.05) is 6.61 Å². The van der Waals surface area contributed by atoms with Gasteiger partial charge < -0.3 is 9.47 Å². The van der Waals surface area contributed by atoms with E-state index in [4.69, 9.17) is 9.47 Å². The Bertz CT molecular complexity index is 295. The smallest absolute Gasteiger partial charge is 0.119 e. The minimum atomic E-state index is 0.228. The molecule has 0 saturated heterocycles. The fourth-order valence-electron chi connectivity index (χ4n) is 1.48. The Balaban J connectivity index is 2.41. The van der Waals surface area contributed by atoms with Crippen molar-refractivity contribution in [3.05, 3.63) is 29.8 Å². The van der Waals surface area contributed by atoms with Gasteiger partial charge in [0.15, 0.2) is 0 Å². The first-order chi connectivity index (χ1) is 7.72. The first-order valence-corrected chi connectivity index (χ1v) is 6.05. The van der Waals surface area contributed by atoms with Gasteiger partial charge in [-0.05, 0) is 44.4 Å². The number of hydrogen-bond donors (Lipinski definition) is 0. The maximum Gasteiger partial charge on any atom is 0.119 e. The zero-order chi connectivity index (χ0) is 11.8. The van der Waals surface area contributed by atoms with Gasteiger partial charge in [-0.2, -0.15) is 0 Å². The van der Waals surface area contributed by atoms with Crippen molar-refractivity contribution in [2.45, 2.75) is 39.7 Å². The highest BCUT2D eigenvalue weighted by atomic mass is 16.5. The van der Waals surface area contributed by atoms with Crippen LogP contribution in [0.1, 0.15) is 32.8 Å². The molecule has 0 bridgehead atoms. The van der Waals surface area contributed by atoms with Gasteiger partial charge >= 0.3 is 0 Å². The Hall–Kier alpha value is -1.02. The third kappa shape index (κ3) is 5.17. The molecule has 0 aliphatic heterocycles. The fraction of sp³-hybridized carbons (Fsp3) is 0.571. The number of hydrogen-bond acceptors (Lipinski definition) is 2. The van der Waals surface area contributed by atoms with Gasteiger partial charge in [0.25, 0.3) is 0 Å². The van der Waals surface area contributed by atoms with Crippen LogP contribution in [0, 0.1) is 0 Å². The monoisotopic (exact) mass is 222 g/mol. The minimum Gasteiger partial charge on any atom is -0.491 e. The number of rotatable bonds is 7. The molecule has 0 aromatic heterocycles. The Labute approximate surface area is 98.6 Å². The lowest BCUT2D eigenvalue weighted by atomic mass is 10.1. The van der Waals surface area contributed by atoms with E-state index in [9.17, 15) is 0 Å². The van der Waals surface area contributed by atoms with Gasteiger partial charge in [0.05, 0.1) is 12.7 Å². The molecule has 0 heterocycles. The second kappa shape index (κ2) is 7.29. The van der Waals surface area contributed by atoms with E-state index < -0.39 is 0 Å². The molecule has 0 N–H and O–H groups in total. The lowest BCUT2D eigenvalue weighted by Crippen LogP contribution is -2.06. The van der Waals surface area contributed by atoms with Gasteiger partial charge in [-0.3, -0.25) is 0 Å². The lowest BCUT2D eigenvalue weighted by molar-refractivity contribution is 0.138. The van der Waals surface area contributed by atoms with E-state index in [1.807, 2.05) is 26.0 Å². The summed E-state index contributed by atoms with van der Waals surface area (Å²) in [4.78, 5) is 0. The van der Waals surface area contributed by atoms with Crippen molar-refractivity contribution in [2.75, 3.05) is 13.2 Å². The summed E-state index contributed by atoms with van der Waals surface area (Å²) in [6.07, 6.45) is 2.26. The van der Waals surface area contributed by atoms with Crippen LogP contribution < -0.4 is 4.74 Å². The Kier molecular flexibility index (Phi) is 5.94. The van der Waals surface area contributed by atoms with Crippen LogP contribution in [0.4, 0.5) is 0 Å². The normalized spacial score (nSPS) is 10.8. The van der Waals surface area contributed by atoms with E-state index in [0.717, 1.165) is 31.8 Å². The van der Waals surface area contributed by atoms with Crippen molar-refractivity contribution < 1.29 is 9.47 Å². The molecule has 1 aromatic carbocycles. The molecule has 0 spiro atoms. The second-order valence-electron chi connectivity index (χ2n) is 4.18. The van der Waals surface area contributed by atoms with E-state index >= 15 is 0 Å². The van der Waals surface area contributed by atoms with E-state index in [-0.39, 0.29) is 6.10 Å². The molecule has 0 aliphatic rings. The van der Waals surface area contributed by atoms with Crippen molar-refractivity contribution >= 4 is 0 Å². The molecule has 2 heteroatoms. The molecule has 0 aliphatic carbocycles. The molecule has 16 heavy (non-hydrogen) atoms. The van der Waals surface area contributed by atoms with Crippen LogP contribution >= 0.6 is 0 Å². The Morgan fingerprint density at radius 1 is 1.19 bits per heavy atom. The topological polar surface area (TPSA) is 18.5 Å². The van der Waals surface area contributed by atoms with Crippen LogP contribution in [0.2, 0.25) is 0 Å². The summed E-state index contributed by atoms with van der Waals surface area (Å²) >= 11 is 0. The third-order valence-corrected chi connectivity index (χ3v) is 2.15. The third-order valence-electron chi connectivity index (χ3n) is 2.15. The average molecular weight is 222 g/mol. The first kappa shape index (κ1) is 13.0. The van der Waals surface area contributed by atoms with Crippen LogP contribution in [-0.4, -0.2) is 19.3 Å². The van der Waals surface area contributed by atoms with E-state index in [1.165, 1.54) is 5.56 Å². The van der Waals surface area contributed by atoms with Crippen LogP contribution in [0.5, 0.6) is 5.75 Å². The molecule has 90 valence electrons. The average Bonchev–Trinajstić information content (AvgIpc) is 2.24. The van der Waals surface area contributed by atoms with Crippen molar-refractivity contribution in [2.24, 2.45) is 0 Å². The highest BCUT2D eigenvalue weighted by molar-refractivity contribution is 5.28. The first-order valence-electron chi connectivity index (χ1n) is 6.05. The van der Waals surface area contributed by atoms with Gasteiger partial charge in [0.2, 0.25) is 0 Å². The van der Waals surface area contributed by atoms with Crippen LogP contribution in [0.25, 0.3) is 0 Å². The van der Waals surface area contributed by atoms with E-state index in [2.05, 4.69) is 19.1 Å². The Morgan fingerprint density at radius 2 is 2.00 bits per heavy atom. The highest BCUT2D eigenvalue weighted by Crippen LogP contribution is 2.15. The predicted octanol–water partition coefficient (Wildman–Crippen LogP) is 3.44. The maximum atomic E-state index is 5.64. The van der Waals surface area contributed by atoms with Gasteiger partial charge in [-0.25, -0.2) is 0 Å². The molecule has 0 saturated carbocycles. The zero-order valence-corrected chi connectivity index (χ0v) is 10.5. The molecule has 0 radical (unpaired) electrons. The SMILES string of the molecule is CCCOCCc1cccc(OC(C)C)c1. The lowest BCUT2D eigenvalue weighted by Gasteiger charge is -2.10. The minimum absolute atomic E-state index is 0.228. The second-order valence-corrected chi connectivity index (χ2v) is 4.18. The molecule has 1 aromatic rings. The molecule has 0 atom stereocenters. The quantitative estimate of drug-likeness (QED) is 0.658. The maximum absolute atomic E-state index is 5.64. The standard InChI is InChI=1S/C14H22O2/c1-4-9-15-10-8-13-6-5-7-14(11-13)16-12(2)3/h5-7,11-12H,4,8-10H2,1-3H3. The molecular formula is C14H22O2. The molecule has 0 fully saturated rings. The summed E-state index contributed by atoms with van der Waals surface area (Å²) in [5.74, 6) is 0.947. The summed E-state index contributed by atoms with van der Waals surface area (Å²) < 4.78 is 11.1. The summed E-state index contributed by atoms with van der Waals surface area (Å²) in [7, 11) is 0. The van der Waals surface area contributed by atoms with E-state index in [1.54, 1.807) is 0 Å².